The van der Waals surface area contributed by atoms with Gasteiger partial charge in [0, 0.05) is 6.07 Å². The number of hydrogen-bond acceptors (Lipinski definition) is 4. The van der Waals surface area contributed by atoms with Gasteiger partial charge in [-0.2, -0.15) is 0 Å². The molecule has 0 N–H and O–H groups in total. The fourth-order valence-electron chi connectivity index (χ4n) is 0.620. The van der Waals surface area contributed by atoms with Crippen LogP contribution in [0.25, 0.3) is 11.4 Å². The molecule has 2 aromatic heterocycles. The Balaban J connectivity index is 3.08. The molecule has 2 rings (SSSR count). The molecule has 46 valence electrons. The fourth-order valence-corrected chi connectivity index (χ4v) is 0.620. The molecule has 4 nitrogen and oxygen atoms in total. The smallest absolute Gasteiger partial charge is 0.431 e. The lowest BCUT2D eigenvalue weighted by Crippen LogP contribution is -1.84. The molecule has 9 heavy (non-hydrogen) atoms. The van der Waals surface area contributed by atoms with E-state index in [2.05, 4.69) is 13.3 Å². The predicted molar refractivity (Wildman–Crippen MR) is 27.0 cm³/mol. The van der Waals surface area contributed by atoms with E-state index < -0.39 is 5.82 Å². The highest BCUT2D eigenvalue weighted by Gasteiger charge is 2.03. The largest absolute Gasteiger partial charge is 0.522 e. The molecule has 0 saturated carbocycles. The van der Waals surface area contributed by atoms with Gasteiger partial charge >= 0.3 is 11.6 Å². The van der Waals surface area contributed by atoms with Crippen molar-refractivity contribution in [1.29, 1.82) is 0 Å². The van der Waals surface area contributed by atoms with E-state index in [1.807, 2.05) is 0 Å². The summed E-state index contributed by atoms with van der Waals surface area (Å²) in [4.78, 5) is 10.3. The third-order valence-electron chi connectivity index (χ3n) is 0.965. The van der Waals surface area contributed by atoms with E-state index in [9.17, 15) is 4.79 Å². The average molecular weight is 126 g/mol. The van der Waals surface area contributed by atoms with E-state index in [-0.39, 0.29) is 5.78 Å². The first-order chi connectivity index (χ1) is 4.36. The topological polar surface area (TPSA) is 56.5 Å². The van der Waals surface area contributed by atoms with Crippen LogP contribution < -0.4 is 5.82 Å². The van der Waals surface area contributed by atoms with E-state index in [4.69, 9.17) is 0 Å². The average Bonchev–Trinajstić information content (AvgIpc) is 2.22. The van der Waals surface area contributed by atoms with Gasteiger partial charge in [0.2, 0.25) is 5.58 Å². The van der Waals surface area contributed by atoms with Crippen LogP contribution in [0.2, 0.25) is 0 Å². The van der Waals surface area contributed by atoms with Crippen molar-refractivity contribution >= 4 is 11.4 Å². The minimum Gasteiger partial charge on any atom is -0.431 e. The summed E-state index contributed by atoms with van der Waals surface area (Å²) in [5.41, 5.74) is 0.347. The van der Waals surface area contributed by atoms with Crippen molar-refractivity contribution in [2.24, 2.45) is 0 Å². The van der Waals surface area contributed by atoms with Crippen LogP contribution in [-0.4, -0.2) is 0 Å². The Kier molecular flexibility index (Phi) is 0.631. The van der Waals surface area contributed by atoms with Crippen molar-refractivity contribution in [2.75, 3.05) is 0 Å². The second-order valence-corrected chi connectivity index (χ2v) is 1.53. The Bertz CT molecular complexity index is 332. The molecule has 0 aliphatic heterocycles. The molecule has 0 radical (unpaired) electrons. The van der Waals surface area contributed by atoms with E-state index in [1.165, 1.54) is 12.3 Å². The van der Waals surface area contributed by atoms with Crippen molar-refractivity contribution in [1.82, 2.24) is 0 Å². The SMILES string of the molecule is O=c1oc2ccoc2o1. The van der Waals surface area contributed by atoms with Crippen LogP contribution in [0, 0.1) is 0 Å². The predicted octanol–water partition coefficient (Wildman–Crippen LogP) is 0.979. The Labute approximate surface area is 48.7 Å². The normalized spacial score (nSPS) is 10.7. The van der Waals surface area contributed by atoms with Gasteiger partial charge in [-0.25, -0.2) is 4.79 Å². The molecule has 0 saturated heterocycles. The van der Waals surface area contributed by atoms with Crippen molar-refractivity contribution < 1.29 is 13.3 Å². The highest BCUT2D eigenvalue weighted by Crippen LogP contribution is 2.11. The monoisotopic (exact) mass is 126 g/mol. The highest BCUT2D eigenvalue weighted by molar-refractivity contribution is 5.61. The first kappa shape index (κ1) is 4.43. The molecule has 0 bridgehead atoms. The number of rotatable bonds is 0. The van der Waals surface area contributed by atoms with Gasteiger partial charge in [-0.15, -0.1) is 0 Å². The van der Waals surface area contributed by atoms with Crippen LogP contribution in [0.15, 0.2) is 30.4 Å². The fraction of sp³-hybridized carbons (Fsp3) is 0. The second kappa shape index (κ2) is 1.28. The first-order valence-electron chi connectivity index (χ1n) is 2.33. The molecule has 0 unspecified atom stereocenters. The van der Waals surface area contributed by atoms with E-state index in [1.54, 1.807) is 0 Å². The Hall–Kier alpha value is -1.45. The zero-order chi connectivity index (χ0) is 6.27. The maximum atomic E-state index is 10.3. The van der Waals surface area contributed by atoms with Gasteiger partial charge in [0.05, 0.1) is 6.26 Å². The summed E-state index contributed by atoms with van der Waals surface area (Å²) >= 11 is 0. The molecule has 0 aliphatic carbocycles. The van der Waals surface area contributed by atoms with Gasteiger partial charge in [0.1, 0.15) is 0 Å². The molecule has 2 heterocycles. The second-order valence-electron chi connectivity index (χ2n) is 1.53. The maximum Gasteiger partial charge on any atom is 0.522 e. The van der Waals surface area contributed by atoms with Crippen LogP contribution in [0.3, 0.4) is 0 Å². The molecule has 0 atom stereocenters. The van der Waals surface area contributed by atoms with Gasteiger partial charge in [-0.05, 0) is 0 Å². The van der Waals surface area contributed by atoms with Gasteiger partial charge in [-0.1, -0.05) is 0 Å². The first-order valence-corrected chi connectivity index (χ1v) is 2.33. The Morgan fingerprint density at radius 2 is 2.22 bits per heavy atom. The number of furan rings is 1. The number of fused-ring (bicyclic) bond motifs is 1. The van der Waals surface area contributed by atoms with E-state index >= 15 is 0 Å². The molecular formula is C5H2O4. The van der Waals surface area contributed by atoms with Gasteiger partial charge < -0.3 is 13.3 Å². The summed E-state index contributed by atoms with van der Waals surface area (Å²) < 4.78 is 13.6. The summed E-state index contributed by atoms with van der Waals surface area (Å²) in [7, 11) is 0. The molecule has 4 heteroatoms. The summed E-state index contributed by atoms with van der Waals surface area (Å²) in [5.74, 6) is -0.593. The summed E-state index contributed by atoms with van der Waals surface area (Å²) in [5, 5.41) is 0. The lowest BCUT2D eigenvalue weighted by molar-refractivity contribution is 0.378. The Morgan fingerprint density at radius 1 is 1.33 bits per heavy atom. The maximum absolute atomic E-state index is 10.3. The molecular weight excluding hydrogens is 124 g/mol. The quantitative estimate of drug-likeness (QED) is 0.527. The van der Waals surface area contributed by atoms with Gasteiger partial charge in [0.25, 0.3) is 0 Å². The molecule has 2 aromatic rings. The zero-order valence-corrected chi connectivity index (χ0v) is 4.29. The minimum atomic E-state index is -0.732. The van der Waals surface area contributed by atoms with Crippen LogP contribution in [0.1, 0.15) is 0 Å². The van der Waals surface area contributed by atoms with Crippen molar-refractivity contribution in [3.63, 3.8) is 0 Å². The van der Waals surface area contributed by atoms with E-state index in [0.717, 1.165) is 0 Å². The van der Waals surface area contributed by atoms with Crippen LogP contribution >= 0.6 is 0 Å². The molecule has 0 amide bonds. The van der Waals surface area contributed by atoms with Gasteiger partial charge in [-0.3, -0.25) is 0 Å². The molecule has 0 aliphatic rings. The minimum absolute atomic E-state index is 0.139. The lowest BCUT2D eigenvalue weighted by Gasteiger charge is -1.61. The van der Waals surface area contributed by atoms with Crippen LogP contribution in [0.4, 0.5) is 0 Å². The lowest BCUT2D eigenvalue weighted by atomic mass is 10.6. The molecule has 0 spiro atoms. The van der Waals surface area contributed by atoms with E-state index in [0.29, 0.717) is 5.58 Å². The zero-order valence-electron chi connectivity index (χ0n) is 4.29. The van der Waals surface area contributed by atoms with Gasteiger partial charge in [0.15, 0.2) is 0 Å². The van der Waals surface area contributed by atoms with Crippen molar-refractivity contribution in [3.05, 3.63) is 22.9 Å². The standard InChI is InChI=1S/C5H2O4/c6-5-8-3-1-2-7-4(3)9-5/h1-2H. The summed E-state index contributed by atoms with van der Waals surface area (Å²) in [6, 6.07) is 1.51. The Morgan fingerprint density at radius 3 is 3.00 bits per heavy atom. The van der Waals surface area contributed by atoms with Crippen molar-refractivity contribution in [3.8, 4) is 0 Å². The number of hydrogen-bond donors (Lipinski definition) is 0. The molecule has 0 fully saturated rings. The third-order valence-corrected chi connectivity index (χ3v) is 0.965. The molecule has 0 aromatic carbocycles. The summed E-state index contributed by atoms with van der Waals surface area (Å²) in [6.07, 6.45) is 1.39. The van der Waals surface area contributed by atoms with Crippen LogP contribution in [0.5, 0.6) is 0 Å². The third kappa shape index (κ3) is 0.495. The highest BCUT2D eigenvalue weighted by atomic mass is 16.6. The summed E-state index contributed by atoms with van der Waals surface area (Å²) in [6.45, 7) is 0. The van der Waals surface area contributed by atoms with Crippen LogP contribution in [-0.2, 0) is 0 Å². The van der Waals surface area contributed by atoms with Crippen molar-refractivity contribution in [2.45, 2.75) is 0 Å².